The second-order valence-corrected chi connectivity index (χ2v) is 4.68. The molecule has 0 aliphatic rings. The largest absolute Gasteiger partial charge is 0.573 e. The highest BCUT2D eigenvalue weighted by atomic mass is 79.9. The molecule has 0 fully saturated rings. The molecule has 2 rings (SSSR count). The predicted molar refractivity (Wildman–Crippen MR) is 68.5 cm³/mol. The first kappa shape index (κ1) is 14.5. The van der Waals surface area contributed by atoms with E-state index in [1.807, 2.05) is 0 Å². The van der Waals surface area contributed by atoms with Gasteiger partial charge in [-0.1, -0.05) is 22.0 Å². The van der Waals surface area contributed by atoms with Gasteiger partial charge in [0.2, 0.25) is 5.78 Å². The fourth-order valence-corrected chi connectivity index (χ4v) is 2.00. The van der Waals surface area contributed by atoms with E-state index in [-0.39, 0.29) is 11.3 Å². The fourth-order valence-electron chi connectivity index (χ4n) is 1.53. The van der Waals surface area contributed by atoms with Crippen molar-refractivity contribution < 1.29 is 22.7 Å². The Bertz CT molecular complexity index is 629. The Labute approximate surface area is 120 Å². The highest BCUT2D eigenvalue weighted by Gasteiger charge is 2.31. The minimum atomic E-state index is -4.81. The second kappa shape index (κ2) is 5.62. The smallest absolute Gasteiger partial charge is 0.406 e. The number of hydrogen-bond donors (Lipinski definition) is 0. The summed E-state index contributed by atoms with van der Waals surface area (Å²) in [6.07, 6.45) is -3.38. The lowest BCUT2D eigenvalue weighted by Gasteiger charge is -2.10. The lowest BCUT2D eigenvalue weighted by atomic mass is 10.1. The molecule has 3 nitrogen and oxygen atoms in total. The van der Waals surface area contributed by atoms with Crippen molar-refractivity contribution >= 4 is 21.7 Å². The number of aromatic nitrogens is 1. The van der Waals surface area contributed by atoms with Gasteiger partial charge >= 0.3 is 6.36 Å². The second-order valence-electron chi connectivity index (χ2n) is 3.77. The van der Waals surface area contributed by atoms with Gasteiger partial charge in [-0.15, -0.1) is 13.2 Å². The molecule has 0 amide bonds. The van der Waals surface area contributed by atoms with Crippen LogP contribution in [-0.4, -0.2) is 17.1 Å². The number of nitrogens with zero attached hydrogens (tertiary/aromatic N) is 1. The number of ketones is 1. The van der Waals surface area contributed by atoms with E-state index in [2.05, 4.69) is 25.7 Å². The topological polar surface area (TPSA) is 39.2 Å². The molecule has 1 aromatic carbocycles. The van der Waals surface area contributed by atoms with Crippen molar-refractivity contribution in [3.63, 3.8) is 0 Å². The summed E-state index contributed by atoms with van der Waals surface area (Å²) >= 11 is 3.04. The first-order chi connectivity index (χ1) is 9.35. The van der Waals surface area contributed by atoms with Crippen LogP contribution < -0.4 is 4.74 Å². The van der Waals surface area contributed by atoms with Crippen molar-refractivity contribution in [3.8, 4) is 5.75 Å². The van der Waals surface area contributed by atoms with E-state index in [0.717, 1.165) is 12.1 Å². The van der Waals surface area contributed by atoms with E-state index in [9.17, 15) is 18.0 Å². The molecule has 0 aliphatic heterocycles. The highest BCUT2D eigenvalue weighted by Crippen LogP contribution is 2.28. The van der Waals surface area contributed by atoms with Crippen LogP contribution in [0.5, 0.6) is 5.75 Å². The first-order valence-electron chi connectivity index (χ1n) is 5.37. The Balaban J connectivity index is 2.35. The average Bonchev–Trinajstić information content (AvgIpc) is 2.36. The Morgan fingerprint density at radius 3 is 2.55 bits per heavy atom. The number of carbonyl (C=O) groups is 1. The number of ether oxygens (including phenoxy) is 1. The quantitative estimate of drug-likeness (QED) is 0.790. The molecule has 20 heavy (non-hydrogen) atoms. The average molecular weight is 346 g/mol. The zero-order valence-electron chi connectivity index (χ0n) is 9.82. The third-order valence-corrected chi connectivity index (χ3v) is 2.72. The molecule has 7 heteroatoms. The maximum atomic E-state index is 12.2. The van der Waals surface area contributed by atoms with Crippen LogP contribution in [0.15, 0.2) is 47.1 Å². The molecule has 0 spiro atoms. The van der Waals surface area contributed by atoms with Crippen LogP contribution in [0.4, 0.5) is 13.2 Å². The fraction of sp³-hybridized carbons (Fsp3) is 0.0769. The minimum Gasteiger partial charge on any atom is -0.406 e. The van der Waals surface area contributed by atoms with Crippen molar-refractivity contribution in [2.24, 2.45) is 0 Å². The number of carbonyl (C=O) groups excluding carboxylic acids is 1. The highest BCUT2D eigenvalue weighted by molar-refractivity contribution is 9.10. The summed E-state index contributed by atoms with van der Waals surface area (Å²) in [6.45, 7) is 0. The van der Waals surface area contributed by atoms with Gasteiger partial charge in [-0.05, 0) is 30.3 Å². The monoisotopic (exact) mass is 345 g/mol. The normalized spacial score (nSPS) is 11.2. The standard InChI is InChI=1S/C13H7BrF3NO2/c14-9-5-8(6-10(7-9)20-13(15,16)17)12(19)11-3-1-2-4-18-11/h1-7H. The number of rotatable bonds is 3. The zero-order chi connectivity index (χ0) is 14.8. The van der Waals surface area contributed by atoms with Crippen molar-refractivity contribution in [3.05, 3.63) is 58.3 Å². The first-order valence-corrected chi connectivity index (χ1v) is 6.16. The summed E-state index contributed by atoms with van der Waals surface area (Å²) in [7, 11) is 0. The molecule has 1 aromatic heterocycles. The van der Waals surface area contributed by atoms with Crippen molar-refractivity contribution in [1.82, 2.24) is 4.98 Å². The molecule has 0 saturated heterocycles. The SMILES string of the molecule is O=C(c1cc(Br)cc(OC(F)(F)F)c1)c1ccccn1. The van der Waals surface area contributed by atoms with Gasteiger partial charge in [0.25, 0.3) is 0 Å². The Morgan fingerprint density at radius 2 is 1.95 bits per heavy atom. The molecule has 1 heterocycles. The number of halogens is 4. The van der Waals surface area contributed by atoms with Gasteiger partial charge in [-0.2, -0.15) is 0 Å². The van der Waals surface area contributed by atoms with E-state index in [1.54, 1.807) is 12.1 Å². The minimum absolute atomic E-state index is 0.0531. The summed E-state index contributed by atoms with van der Waals surface area (Å²) in [4.78, 5) is 16.0. The third-order valence-electron chi connectivity index (χ3n) is 2.26. The number of pyridine rings is 1. The van der Waals surface area contributed by atoms with Crippen LogP contribution in [-0.2, 0) is 0 Å². The Kier molecular flexibility index (Phi) is 4.08. The number of alkyl halides is 3. The van der Waals surface area contributed by atoms with Crippen molar-refractivity contribution in [2.45, 2.75) is 6.36 Å². The van der Waals surface area contributed by atoms with Crippen LogP contribution in [0, 0.1) is 0 Å². The predicted octanol–water partition coefficient (Wildman–Crippen LogP) is 3.97. The van der Waals surface area contributed by atoms with E-state index in [0.29, 0.717) is 4.47 Å². The molecule has 0 bridgehead atoms. The maximum Gasteiger partial charge on any atom is 0.573 e. The van der Waals surface area contributed by atoms with E-state index >= 15 is 0 Å². The van der Waals surface area contributed by atoms with Crippen molar-refractivity contribution in [2.75, 3.05) is 0 Å². The number of benzene rings is 1. The van der Waals surface area contributed by atoms with Crippen LogP contribution in [0.1, 0.15) is 16.1 Å². The van der Waals surface area contributed by atoms with Gasteiger partial charge in [0, 0.05) is 16.2 Å². The molecule has 0 N–H and O–H groups in total. The Morgan fingerprint density at radius 1 is 1.20 bits per heavy atom. The molecular formula is C13H7BrF3NO2. The van der Waals surface area contributed by atoms with Gasteiger partial charge in [0.15, 0.2) is 0 Å². The summed E-state index contributed by atoms with van der Waals surface area (Å²) in [5.41, 5.74) is 0.195. The molecular weight excluding hydrogens is 339 g/mol. The van der Waals surface area contributed by atoms with Gasteiger partial charge in [0.05, 0.1) is 0 Å². The molecule has 0 unspecified atom stereocenters. The van der Waals surface area contributed by atoms with Gasteiger partial charge in [0.1, 0.15) is 11.4 Å². The molecule has 0 radical (unpaired) electrons. The van der Waals surface area contributed by atoms with Crippen LogP contribution >= 0.6 is 15.9 Å². The molecule has 0 saturated carbocycles. The summed E-state index contributed by atoms with van der Waals surface area (Å²) in [6, 6.07) is 8.28. The lowest BCUT2D eigenvalue weighted by Crippen LogP contribution is -2.17. The van der Waals surface area contributed by atoms with E-state index in [1.165, 1.54) is 18.3 Å². The molecule has 0 atom stereocenters. The number of hydrogen-bond acceptors (Lipinski definition) is 3. The summed E-state index contributed by atoms with van der Waals surface area (Å²) < 4.78 is 40.7. The van der Waals surface area contributed by atoms with Crippen LogP contribution in [0.25, 0.3) is 0 Å². The van der Waals surface area contributed by atoms with Gasteiger partial charge in [-0.25, -0.2) is 0 Å². The Hall–Kier alpha value is -1.89. The lowest BCUT2D eigenvalue weighted by molar-refractivity contribution is -0.274. The third kappa shape index (κ3) is 3.80. The maximum absolute atomic E-state index is 12.2. The van der Waals surface area contributed by atoms with E-state index < -0.39 is 17.9 Å². The van der Waals surface area contributed by atoms with Crippen LogP contribution in [0.2, 0.25) is 0 Å². The molecule has 2 aromatic rings. The zero-order valence-corrected chi connectivity index (χ0v) is 11.4. The molecule has 0 aliphatic carbocycles. The molecule has 104 valence electrons. The summed E-state index contributed by atoms with van der Waals surface area (Å²) in [5, 5.41) is 0. The van der Waals surface area contributed by atoms with Crippen molar-refractivity contribution in [1.29, 1.82) is 0 Å². The van der Waals surface area contributed by atoms with Crippen LogP contribution in [0.3, 0.4) is 0 Å². The summed E-state index contributed by atoms with van der Waals surface area (Å²) in [5.74, 6) is -0.954. The van der Waals surface area contributed by atoms with Gasteiger partial charge in [-0.3, -0.25) is 9.78 Å². The van der Waals surface area contributed by atoms with Gasteiger partial charge < -0.3 is 4.74 Å². The van der Waals surface area contributed by atoms with E-state index in [4.69, 9.17) is 0 Å².